The predicted molar refractivity (Wildman–Crippen MR) is 58.6 cm³/mol. The summed E-state index contributed by atoms with van der Waals surface area (Å²) in [6.07, 6.45) is 3.55. The minimum atomic E-state index is 0.161. The lowest BCUT2D eigenvalue weighted by molar-refractivity contribution is -0.132. The number of amides is 1. The lowest BCUT2D eigenvalue weighted by atomic mass is 9.88. The largest absolute Gasteiger partial charge is 0.340 e. The Bertz CT molecular complexity index is 233. The second-order valence-electron chi connectivity index (χ2n) is 4.63. The molecule has 3 heteroatoms. The molecule has 1 aliphatic heterocycles. The predicted octanol–water partition coefficient (Wildman–Crippen LogP) is 1.73. The van der Waals surface area contributed by atoms with Crippen LogP contribution in [-0.2, 0) is 4.79 Å². The SMILES string of the molecule is CCC(=O)N1CCN=CCC(C)(C)C1. The van der Waals surface area contributed by atoms with Gasteiger partial charge in [0.2, 0.25) is 5.91 Å². The van der Waals surface area contributed by atoms with E-state index in [1.807, 2.05) is 18.0 Å². The van der Waals surface area contributed by atoms with Crippen LogP contribution in [0.2, 0.25) is 0 Å². The van der Waals surface area contributed by atoms with Crippen LogP contribution in [0.15, 0.2) is 4.99 Å². The summed E-state index contributed by atoms with van der Waals surface area (Å²) in [7, 11) is 0. The summed E-state index contributed by atoms with van der Waals surface area (Å²) < 4.78 is 0. The van der Waals surface area contributed by atoms with E-state index in [1.165, 1.54) is 0 Å². The Labute approximate surface area is 86.2 Å². The summed E-state index contributed by atoms with van der Waals surface area (Å²) >= 11 is 0. The van der Waals surface area contributed by atoms with Gasteiger partial charge in [0.1, 0.15) is 0 Å². The topological polar surface area (TPSA) is 32.7 Å². The molecule has 1 aliphatic rings. The van der Waals surface area contributed by atoms with E-state index in [9.17, 15) is 4.79 Å². The van der Waals surface area contributed by atoms with Crippen molar-refractivity contribution in [2.45, 2.75) is 33.6 Å². The Morgan fingerprint density at radius 3 is 2.93 bits per heavy atom. The molecule has 0 aromatic rings. The van der Waals surface area contributed by atoms with Crippen LogP contribution in [0.3, 0.4) is 0 Å². The molecule has 0 N–H and O–H groups in total. The summed E-state index contributed by atoms with van der Waals surface area (Å²) in [6.45, 7) is 8.65. The maximum absolute atomic E-state index is 11.6. The molecule has 0 aromatic carbocycles. The standard InChI is InChI=1S/C11H20N2O/c1-4-10(14)13-8-7-12-6-5-11(2,3)9-13/h6H,4-5,7-9H2,1-3H3. The van der Waals surface area contributed by atoms with Crippen molar-refractivity contribution >= 4 is 12.1 Å². The van der Waals surface area contributed by atoms with E-state index >= 15 is 0 Å². The molecule has 0 aliphatic carbocycles. The van der Waals surface area contributed by atoms with E-state index in [0.29, 0.717) is 6.42 Å². The van der Waals surface area contributed by atoms with Crippen LogP contribution >= 0.6 is 0 Å². The minimum Gasteiger partial charge on any atom is -0.340 e. The first-order chi connectivity index (χ1) is 6.55. The molecule has 14 heavy (non-hydrogen) atoms. The molecule has 0 bridgehead atoms. The molecular formula is C11H20N2O. The van der Waals surface area contributed by atoms with Gasteiger partial charge in [0.05, 0.1) is 6.54 Å². The average Bonchev–Trinajstić information content (AvgIpc) is 2.10. The first kappa shape index (κ1) is 11.2. The highest BCUT2D eigenvalue weighted by atomic mass is 16.2. The third kappa shape index (κ3) is 3.13. The van der Waals surface area contributed by atoms with Crippen LogP contribution in [-0.4, -0.2) is 36.7 Å². The van der Waals surface area contributed by atoms with Gasteiger partial charge in [-0.05, 0) is 18.1 Å². The van der Waals surface area contributed by atoms with Crippen LogP contribution in [0.4, 0.5) is 0 Å². The van der Waals surface area contributed by atoms with E-state index in [0.717, 1.165) is 26.1 Å². The van der Waals surface area contributed by atoms with E-state index in [4.69, 9.17) is 0 Å². The van der Waals surface area contributed by atoms with Crippen LogP contribution < -0.4 is 0 Å². The van der Waals surface area contributed by atoms with Crippen molar-refractivity contribution in [1.82, 2.24) is 4.90 Å². The number of rotatable bonds is 1. The van der Waals surface area contributed by atoms with Crippen molar-refractivity contribution in [3.05, 3.63) is 0 Å². The molecule has 1 rings (SSSR count). The summed E-state index contributed by atoms with van der Waals surface area (Å²) in [4.78, 5) is 17.8. The molecule has 0 aromatic heterocycles. The summed E-state index contributed by atoms with van der Waals surface area (Å²) in [5.41, 5.74) is 0.161. The fourth-order valence-electron chi connectivity index (χ4n) is 1.68. The Morgan fingerprint density at radius 1 is 1.57 bits per heavy atom. The number of hydrogen-bond donors (Lipinski definition) is 0. The maximum Gasteiger partial charge on any atom is 0.222 e. The van der Waals surface area contributed by atoms with E-state index in [2.05, 4.69) is 18.8 Å². The van der Waals surface area contributed by atoms with Gasteiger partial charge in [-0.25, -0.2) is 0 Å². The van der Waals surface area contributed by atoms with Gasteiger partial charge < -0.3 is 4.90 Å². The third-order valence-electron chi connectivity index (χ3n) is 2.55. The molecular weight excluding hydrogens is 176 g/mol. The van der Waals surface area contributed by atoms with Crippen molar-refractivity contribution < 1.29 is 4.79 Å². The molecule has 0 unspecified atom stereocenters. The van der Waals surface area contributed by atoms with Crippen LogP contribution in [0.5, 0.6) is 0 Å². The first-order valence-corrected chi connectivity index (χ1v) is 5.31. The van der Waals surface area contributed by atoms with Gasteiger partial charge in [-0.3, -0.25) is 9.79 Å². The number of aliphatic imine (C=N–C) groups is 1. The smallest absolute Gasteiger partial charge is 0.222 e. The van der Waals surface area contributed by atoms with Crippen molar-refractivity contribution in [3.63, 3.8) is 0 Å². The molecule has 0 radical (unpaired) electrons. The number of hydrogen-bond acceptors (Lipinski definition) is 2. The van der Waals surface area contributed by atoms with Crippen molar-refractivity contribution in [2.75, 3.05) is 19.6 Å². The van der Waals surface area contributed by atoms with Gasteiger partial charge in [0, 0.05) is 19.5 Å². The van der Waals surface area contributed by atoms with E-state index < -0.39 is 0 Å². The Hall–Kier alpha value is -0.860. The zero-order valence-electron chi connectivity index (χ0n) is 9.42. The fraction of sp³-hybridized carbons (Fsp3) is 0.818. The molecule has 0 fully saturated rings. The van der Waals surface area contributed by atoms with Gasteiger partial charge >= 0.3 is 0 Å². The van der Waals surface area contributed by atoms with Gasteiger partial charge in [-0.15, -0.1) is 0 Å². The van der Waals surface area contributed by atoms with Gasteiger partial charge in [-0.1, -0.05) is 20.8 Å². The molecule has 3 nitrogen and oxygen atoms in total. The summed E-state index contributed by atoms with van der Waals surface area (Å²) in [6, 6.07) is 0. The number of carbonyl (C=O) groups excluding carboxylic acids is 1. The molecule has 1 heterocycles. The van der Waals surface area contributed by atoms with E-state index in [-0.39, 0.29) is 11.3 Å². The molecule has 0 spiro atoms. The highest BCUT2D eigenvalue weighted by Gasteiger charge is 2.24. The highest BCUT2D eigenvalue weighted by Crippen LogP contribution is 2.22. The summed E-state index contributed by atoms with van der Waals surface area (Å²) in [5.74, 6) is 0.246. The lowest BCUT2D eigenvalue weighted by Crippen LogP contribution is -2.41. The average molecular weight is 196 g/mol. The normalized spacial score (nSPS) is 21.5. The van der Waals surface area contributed by atoms with Crippen LogP contribution in [0.25, 0.3) is 0 Å². The fourth-order valence-corrected chi connectivity index (χ4v) is 1.68. The highest BCUT2D eigenvalue weighted by molar-refractivity contribution is 5.76. The Balaban J connectivity index is 2.68. The Morgan fingerprint density at radius 2 is 2.29 bits per heavy atom. The first-order valence-electron chi connectivity index (χ1n) is 5.31. The van der Waals surface area contributed by atoms with Gasteiger partial charge in [-0.2, -0.15) is 0 Å². The quantitative estimate of drug-likeness (QED) is 0.628. The zero-order chi connectivity index (χ0) is 10.6. The van der Waals surface area contributed by atoms with Crippen molar-refractivity contribution in [1.29, 1.82) is 0 Å². The van der Waals surface area contributed by atoms with E-state index in [1.54, 1.807) is 0 Å². The maximum atomic E-state index is 11.6. The minimum absolute atomic E-state index is 0.161. The van der Waals surface area contributed by atoms with Gasteiger partial charge in [0.15, 0.2) is 0 Å². The molecule has 1 amide bonds. The Kier molecular flexibility index (Phi) is 3.67. The molecule has 0 atom stereocenters. The monoisotopic (exact) mass is 196 g/mol. The molecule has 0 saturated carbocycles. The molecule has 0 saturated heterocycles. The summed E-state index contributed by atoms with van der Waals surface area (Å²) in [5, 5.41) is 0. The van der Waals surface area contributed by atoms with Crippen molar-refractivity contribution in [3.8, 4) is 0 Å². The second-order valence-corrected chi connectivity index (χ2v) is 4.63. The number of nitrogens with zero attached hydrogens (tertiary/aromatic N) is 2. The van der Waals surface area contributed by atoms with Crippen LogP contribution in [0, 0.1) is 5.41 Å². The van der Waals surface area contributed by atoms with Gasteiger partial charge in [0.25, 0.3) is 0 Å². The third-order valence-corrected chi connectivity index (χ3v) is 2.55. The lowest BCUT2D eigenvalue weighted by Gasteiger charge is -2.33. The van der Waals surface area contributed by atoms with Crippen LogP contribution in [0.1, 0.15) is 33.6 Å². The molecule has 80 valence electrons. The van der Waals surface area contributed by atoms with Crippen molar-refractivity contribution in [2.24, 2.45) is 10.4 Å². The second kappa shape index (κ2) is 4.58. The number of carbonyl (C=O) groups is 1. The zero-order valence-corrected chi connectivity index (χ0v) is 9.42.